The van der Waals surface area contributed by atoms with Crippen LogP contribution in [-0.4, -0.2) is 93.0 Å². The van der Waals surface area contributed by atoms with Crippen molar-refractivity contribution in [2.45, 2.75) is 26.0 Å². The fraction of sp³-hybridized carbons (Fsp3) is 0.304. The lowest BCUT2D eigenvalue weighted by Crippen LogP contribution is -2.29. The number of aromatic nitrogens is 2. The highest BCUT2D eigenvalue weighted by atomic mass is 35.5. The summed E-state index contributed by atoms with van der Waals surface area (Å²) in [7, 11) is 1.59. The fourth-order valence-corrected chi connectivity index (χ4v) is 7.25. The van der Waals surface area contributed by atoms with Gasteiger partial charge >= 0.3 is 0 Å². The van der Waals surface area contributed by atoms with Crippen molar-refractivity contribution < 1.29 is 42.8 Å². The van der Waals surface area contributed by atoms with Crippen molar-refractivity contribution in [2.75, 3.05) is 71.8 Å². The maximum atomic E-state index is 13.0. The number of amides is 2. The number of aliphatic hydroxyl groups excluding tert-OH is 1. The van der Waals surface area contributed by atoms with Crippen molar-refractivity contribution in [2.24, 2.45) is 0 Å². The number of anilines is 1. The number of ether oxygens (including phenoxy) is 5. The minimum atomic E-state index is -0.970. The van der Waals surface area contributed by atoms with Gasteiger partial charge in [0.15, 0.2) is 17.6 Å². The summed E-state index contributed by atoms with van der Waals surface area (Å²) in [5, 5.41) is 28.6. The van der Waals surface area contributed by atoms with Gasteiger partial charge in [-0.05, 0) is 55.0 Å². The number of nitrogens with one attached hydrogen (secondary N) is 3. The second kappa shape index (κ2) is 20.6. The topological polar surface area (TPSA) is 179 Å². The second-order valence-electron chi connectivity index (χ2n) is 14.2. The minimum Gasteiger partial charge on any atom is -0.497 e. The van der Waals surface area contributed by atoms with Crippen LogP contribution >= 0.6 is 11.6 Å². The highest BCUT2D eigenvalue weighted by molar-refractivity contribution is 6.30. The van der Waals surface area contributed by atoms with Crippen molar-refractivity contribution in [3.8, 4) is 17.2 Å². The third-order valence-corrected chi connectivity index (χ3v) is 10.4. The number of carbonyl (C=O) groups is 2. The molecular formula is C46H48ClN5O9. The molecule has 1 aliphatic heterocycles. The second-order valence-corrected chi connectivity index (χ2v) is 14.7. The van der Waals surface area contributed by atoms with Gasteiger partial charge < -0.3 is 53.8 Å². The number of halogens is 1. The van der Waals surface area contributed by atoms with Crippen molar-refractivity contribution in [1.29, 1.82) is 5.41 Å². The molecule has 7 rings (SSSR count). The maximum Gasteiger partial charge on any atom is 0.226 e. The van der Waals surface area contributed by atoms with Crippen molar-refractivity contribution in [3.63, 3.8) is 0 Å². The summed E-state index contributed by atoms with van der Waals surface area (Å²) >= 11 is 6.07. The van der Waals surface area contributed by atoms with Crippen LogP contribution in [0.2, 0.25) is 5.02 Å². The SMILES string of the molecule is COc1ccc2c(c1)c(CC(=O)NCCOCCOCCOCCOCCC(=O)Nc1cc3oc4cc(=N)ccc-4nc3c3ccccc13)c(C)n2C(O)c1ccc(Cl)cc1. The summed E-state index contributed by atoms with van der Waals surface area (Å²) in [6.45, 7) is 4.96. The van der Waals surface area contributed by atoms with Gasteiger partial charge in [0, 0.05) is 51.1 Å². The lowest BCUT2D eigenvalue weighted by molar-refractivity contribution is -0.120. The molecule has 4 aromatic carbocycles. The van der Waals surface area contributed by atoms with E-state index in [9.17, 15) is 14.7 Å². The van der Waals surface area contributed by atoms with Crippen LogP contribution in [0.5, 0.6) is 5.75 Å². The quantitative estimate of drug-likeness (QED) is 0.0342. The Kier molecular flexibility index (Phi) is 14.6. The van der Waals surface area contributed by atoms with Crippen molar-refractivity contribution in [3.05, 3.63) is 118 Å². The molecule has 0 bridgehead atoms. The van der Waals surface area contributed by atoms with E-state index >= 15 is 0 Å². The molecule has 1 unspecified atom stereocenters. The summed E-state index contributed by atoms with van der Waals surface area (Å²) in [4.78, 5) is 30.6. The highest BCUT2D eigenvalue weighted by Gasteiger charge is 2.22. The van der Waals surface area contributed by atoms with Gasteiger partial charge in [-0.15, -0.1) is 0 Å². The average Bonchev–Trinajstić information content (AvgIpc) is 3.53. The van der Waals surface area contributed by atoms with Crippen LogP contribution < -0.4 is 20.7 Å². The van der Waals surface area contributed by atoms with Crippen LogP contribution in [0.3, 0.4) is 0 Å². The van der Waals surface area contributed by atoms with Crippen LogP contribution in [0.4, 0.5) is 5.69 Å². The van der Waals surface area contributed by atoms with Crippen molar-refractivity contribution >= 4 is 61.9 Å². The minimum absolute atomic E-state index is 0.117. The molecule has 4 N–H and O–H groups in total. The van der Waals surface area contributed by atoms with Gasteiger partial charge in [0.2, 0.25) is 11.8 Å². The highest BCUT2D eigenvalue weighted by Crippen LogP contribution is 2.35. The third kappa shape index (κ3) is 10.7. The van der Waals surface area contributed by atoms with E-state index < -0.39 is 6.23 Å². The number of methoxy groups -OCH3 is 1. The zero-order valence-electron chi connectivity index (χ0n) is 34.0. The van der Waals surface area contributed by atoms with Gasteiger partial charge in [-0.2, -0.15) is 0 Å². The number of hydrogen-bond acceptors (Lipinski definition) is 11. The number of aliphatic hydroxyl groups is 1. The largest absolute Gasteiger partial charge is 0.497 e. The Hall–Kier alpha value is -5.87. The third-order valence-electron chi connectivity index (χ3n) is 10.2. The van der Waals surface area contributed by atoms with Crippen LogP contribution in [-0.2, 0) is 35.0 Å². The smallest absolute Gasteiger partial charge is 0.226 e. The Morgan fingerprint density at radius 3 is 2.23 bits per heavy atom. The summed E-state index contributed by atoms with van der Waals surface area (Å²) in [5.41, 5.74) is 5.49. The summed E-state index contributed by atoms with van der Waals surface area (Å²) in [6.07, 6.45) is -0.694. The fourth-order valence-electron chi connectivity index (χ4n) is 7.12. The molecule has 1 aromatic heterocycles. The number of benzene rings is 5. The van der Waals surface area contributed by atoms with Gasteiger partial charge in [0.1, 0.15) is 17.0 Å². The first kappa shape index (κ1) is 43.2. The van der Waals surface area contributed by atoms with Gasteiger partial charge in [-0.1, -0.05) is 48.0 Å². The standard InChI is InChI=1S/C46H48ClN5O9/c1-29-36(37-26-33(56-2)12-14-40(37)52(29)46(55)30-7-9-31(47)10-8-30)27-44(54)49-16-18-58-20-22-60-24-23-59-21-19-57-17-15-43(53)50-39-28-42-45(35-6-4-3-5-34(35)39)51-38-13-11-32(48)25-41(38)61-42/h3-14,25-26,28,46,48,55H,15-24,27H2,1-2H3,(H,49,54)(H,50,53). The Morgan fingerprint density at radius 2 is 1.51 bits per heavy atom. The maximum absolute atomic E-state index is 13.0. The molecule has 0 saturated carbocycles. The molecule has 5 aromatic rings. The van der Waals surface area contributed by atoms with Crippen LogP contribution in [0, 0.1) is 12.3 Å². The molecule has 0 fully saturated rings. The number of carbonyl (C=O) groups excluding carboxylic acids is 2. The average molecular weight is 850 g/mol. The predicted molar refractivity (Wildman–Crippen MR) is 232 cm³/mol. The Labute approximate surface area is 357 Å². The summed E-state index contributed by atoms with van der Waals surface area (Å²) in [5.74, 6) is 0.788. The van der Waals surface area contributed by atoms with Gasteiger partial charge in [-0.25, -0.2) is 4.98 Å². The number of rotatable bonds is 21. The van der Waals surface area contributed by atoms with Crippen LogP contribution in [0.25, 0.3) is 44.2 Å². The lowest BCUT2D eigenvalue weighted by Gasteiger charge is -2.17. The van der Waals surface area contributed by atoms with E-state index in [0.717, 1.165) is 32.9 Å². The van der Waals surface area contributed by atoms with E-state index in [1.165, 1.54) is 0 Å². The van der Waals surface area contributed by atoms with E-state index in [2.05, 4.69) is 10.6 Å². The normalized spacial score (nSPS) is 12.1. The molecule has 15 heteroatoms. The molecule has 0 spiro atoms. The van der Waals surface area contributed by atoms with Gasteiger partial charge in [-0.3, -0.25) is 9.59 Å². The van der Waals surface area contributed by atoms with Crippen LogP contribution in [0.1, 0.15) is 29.5 Å². The molecule has 0 saturated heterocycles. The van der Waals surface area contributed by atoms with Crippen LogP contribution in [0.15, 0.2) is 95.4 Å². The molecule has 2 amide bonds. The van der Waals surface area contributed by atoms with E-state index in [1.807, 2.05) is 54.0 Å². The van der Waals surface area contributed by atoms with E-state index in [0.29, 0.717) is 103 Å². The molecule has 2 aliphatic rings. The number of fused-ring (bicyclic) bond motifs is 5. The molecule has 0 radical (unpaired) electrons. The number of hydrogen-bond donors (Lipinski definition) is 4. The molecule has 1 aliphatic carbocycles. The van der Waals surface area contributed by atoms with E-state index in [-0.39, 0.29) is 31.3 Å². The molecule has 61 heavy (non-hydrogen) atoms. The lowest BCUT2D eigenvalue weighted by atomic mass is 10.1. The predicted octanol–water partition coefficient (Wildman–Crippen LogP) is 6.78. The first-order chi connectivity index (χ1) is 29.7. The van der Waals surface area contributed by atoms with Gasteiger partial charge in [0.25, 0.3) is 0 Å². The zero-order chi connectivity index (χ0) is 42.7. The molecular weight excluding hydrogens is 802 g/mol. The Bertz CT molecular complexity index is 2650. The number of nitrogens with zero attached hydrogens (tertiary/aromatic N) is 2. The molecule has 318 valence electrons. The van der Waals surface area contributed by atoms with E-state index in [1.54, 1.807) is 55.6 Å². The molecule has 2 heterocycles. The first-order valence-corrected chi connectivity index (χ1v) is 20.4. The zero-order valence-corrected chi connectivity index (χ0v) is 34.8. The summed E-state index contributed by atoms with van der Waals surface area (Å²) < 4.78 is 35.8. The Morgan fingerprint density at radius 1 is 0.820 bits per heavy atom. The first-order valence-electron chi connectivity index (χ1n) is 20.0. The monoisotopic (exact) mass is 849 g/mol. The summed E-state index contributed by atoms with van der Waals surface area (Å²) in [6, 6.07) is 27.1. The molecule has 14 nitrogen and oxygen atoms in total. The van der Waals surface area contributed by atoms with E-state index in [4.69, 9.17) is 50.1 Å². The van der Waals surface area contributed by atoms with Crippen molar-refractivity contribution in [1.82, 2.24) is 14.9 Å². The Balaban J connectivity index is 0.749. The van der Waals surface area contributed by atoms with Gasteiger partial charge in [0.05, 0.1) is 89.4 Å². The molecule has 1 atom stereocenters.